The zero-order valence-electron chi connectivity index (χ0n) is 16.4. The minimum Gasteiger partial charge on any atom is -0.443 e. The first kappa shape index (κ1) is 24.3. The molecule has 0 aliphatic rings. The largest absolute Gasteiger partial charge is 0.443 e. The van der Waals surface area contributed by atoms with Gasteiger partial charge in [-0.25, -0.2) is 4.98 Å². The van der Waals surface area contributed by atoms with Crippen molar-refractivity contribution in [3.63, 3.8) is 0 Å². The van der Waals surface area contributed by atoms with Crippen LogP contribution in [0.4, 0.5) is 13.2 Å². The molecule has 0 fully saturated rings. The number of nitrogens with one attached hydrogen (secondary N) is 2. The number of nitrogens with zero attached hydrogens (tertiary/aromatic N) is 2. The summed E-state index contributed by atoms with van der Waals surface area (Å²) < 4.78 is 43.4. The molecule has 5 nitrogen and oxygen atoms in total. The molecule has 2 rings (SSSR count). The molecule has 0 unspecified atom stereocenters. The summed E-state index contributed by atoms with van der Waals surface area (Å²) in [6, 6.07) is 5.17. The zero-order valence-corrected chi connectivity index (χ0v) is 18.7. The second-order valence-electron chi connectivity index (χ2n) is 7.17. The molecule has 0 saturated carbocycles. The van der Waals surface area contributed by atoms with Gasteiger partial charge in [0.2, 0.25) is 5.89 Å². The Morgan fingerprint density at radius 3 is 2.25 bits per heavy atom. The van der Waals surface area contributed by atoms with Gasteiger partial charge in [-0.05, 0) is 24.1 Å². The third-order valence-electron chi connectivity index (χ3n) is 3.91. The van der Waals surface area contributed by atoms with Gasteiger partial charge in [0.1, 0.15) is 5.76 Å². The van der Waals surface area contributed by atoms with Crippen LogP contribution < -0.4 is 10.6 Å². The molecule has 0 bridgehead atoms. The van der Waals surface area contributed by atoms with Gasteiger partial charge >= 0.3 is 6.18 Å². The topological polar surface area (TPSA) is 62.5 Å². The molecule has 1 aromatic carbocycles. The van der Waals surface area contributed by atoms with Gasteiger partial charge in [-0.3, -0.25) is 4.99 Å². The lowest BCUT2D eigenvalue weighted by molar-refractivity contribution is -0.137. The molecule has 2 N–H and O–H groups in total. The molecule has 0 saturated heterocycles. The number of rotatable bonds is 5. The average molecular weight is 510 g/mol. The summed E-state index contributed by atoms with van der Waals surface area (Å²) in [5.74, 6) is 1.94. The molecule has 0 atom stereocenters. The van der Waals surface area contributed by atoms with E-state index in [2.05, 4.69) is 20.6 Å². The Kier molecular flexibility index (Phi) is 8.77. The van der Waals surface area contributed by atoms with Crippen LogP contribution >= 0.6 is 24.0 Å². The molecule has 0 spiro atoms. The second kappa shape index (κ2) is 10.1. The van der Waals surface area contributed by atoms with Crippen molar-refractivity contribution >= 4 is 29.9 Å². The van der Waals surface area contributed by atoms with E-state index in [4.69, 9.17) is 4.42 Å². The van der Waals surface area contributed by atoms with Crippen molar-refractivity contribution in [3.05, 3.63) is 53.2 Å². The average Bonchev–Trinajstić information content (AvgIpc) is 3.07. The van der Waals surface area contributed by atoms with Crippen molar-refractivity contribution in [2.75, 3.05) is 13.6 Å². The van der Waals surface area contributed by atoms with E-state index >= 15 is 0 Å². The number of hydrogen-bond acceptors (Lipinski definition) is 3. The lowest BCUT2D eigenvalue weighted by atomic mass is 9.94. The Hall–Kier alpha value is -1.78. The number of aromatic nitrogens is 1. The fraction of sp³-hybridized carbons (Fsp3) is 0.474. The summed E-state index contributed by atoms with van der Waals surface area (Å²) in [6.07, 6.45) is -2.01. The first-order valence-corrected chi connectivity index (χ1v) is 8.65. The molecule has 1 aromatic heterocycles. The molecule has 28 heavy (non-hydrogen) atoms. The third kappa shape index (κ3) is 7.33. The normalized spacial score (nSPS) is 12.5. The molecular formula is C19H26F3IN4O. The van der Waals surface area contributed by atoms with Crippen LogP contribution in [0, 0.1) is 0 Å². The maximum absolute atomic E-state index is 12.6. The maximum Gasteiger partial charge on any atom is 0.416 e. The number of guanidine groups is 1. The fourth-order valence-electron chi connectivity index (χ4n) is 2.30. The standard InChI is InChI=1S/C19H25F3N4O.HI/c1-18(2,3)15-11-25-16(27-15)12-26-17(23-4)24-10-9-13-5-7-14(8-6-13)19(20,21)22;/h5-8,11H,9-10,12H2,1-4H3,(H2,23,24,26);1H. The Morgan fingerprint density at radius 1 is 1.11 bits per heavy atom. The number of alkyl halides is 3. The van der Waals surface area contributed by atoms with Gasteiger partial charge < -0.3 is 15.1 Å². The van der Waals surface area contributed by atoms with Crippen LogP contribution in [0.1, 0.15) is 43.5 Å². The first-order chi connectivity index (χ1) is 12.6. The highest BCUT2D eigenvalue weighted by molar-refractivity contribution is 14.0. The van der Waals surface area contributed by atoms with Crippen LogP contribution in [-0.2, 0) is 24.6 Å². The van der Waals surface area contributed by atoms with E-state index in [1.807, 2.05) is 20.8 Å². The SMILES string of the molecule is CN=C(NCCc1ccc(C(F)(F)F)cc1)NCc1ncc(C(C)(C)C)o1.I. The minimum absolute atomic E-state index is 0. The number of benzene rings is 1. The smallest absolute Gasteiger partial charge is 0.416 e. The number of oxazole rings is 1. The van der Waals surface area contributed by atoms with Gasteiger partial charge in [0.25, 0.3) is 0 Å². The quantitative estimate of drug-likeness (QED) is 0.353. The summed E-state index contributed by atoms with van der Waals surface area (Å²) in [7, 11) is 1.64. The molecule has 9 heteroatoms. The summed E-state index contributed by atoms with van der Waals surface area (Å²) in [5, 5.41) is 6.22. The lowest BCUT2D eigenvalue weighted by Crippen LogP contribution is -2.37. The van der Waals surface area contributed by atoms with E-state index in [-0.39, 0.29) is 29.4 Å². The highest BCUT2D eigenvalue weighted by atomic mass is 127. The number of halogens is 4. The predicted octanol–water partition coefficient (Wildman–Crippen LogP) is 4.52. The second-order valence-corrected chi connectivity index (χ2v) is 7.17. The van der Waals surface area contributed by atoms with Crippen molar-refractivity contribution < 1.29 is 17.6 Å². The fourth-order valence-corrected chi connectivity index (χ4v) is 2.30. The van der Waals surface area contributed by atoms with Gasteiger partial charge in [0.05, 0.1) is 18.3 Å². The highest BCUT2D eigenvalue weighted by Gasteiger charge is 2.29. The van der Waals surface area contributed by atoms with Crippen LogP contribution in [0.15, 0.2) is 39.9 Å². The van der Waals surface area contributed by atoms with Crippen LogP contribution in [0.2, 0.25) is 0 Å². The molecule has 0 radical (unpaired) electrons. The van der Waals surface area contributed by atoms with E-state index in [9.17, 15) is 13.2 Å². The van der Waals surface area contributed by atoms with Gasteiger partial charge in [0, 0.05) is 19.0 Å². The summed E-state index contributed by atoms with van der Waals surface area (Å²) >= 11 is 0. The van der Waals surface area contributed by atoms with E-state index in [1.165, 1.54) is 12.1 Å². The molecule has 0 amide bonds. The van der Waals surface area contributed by atoms with Crippen molar-refractivity contribution in [1.82, 2.24) is 15.6 Å². The van der Waals surface area contributed by atoms with Crippen LogP contribution in [0.3, 0.4) is 0 Å². The molecule has 0 aliphatic carbocycles. The van der Waals surface area contributed by atoms with Crippen LogP contribution in [-0.4, -0.2) is 24.5 Å². The van der Waals surface area contributed by atoms with Gasteiger partial charge in [-0.2, -0.15) is 13.2 Å². The van der Waals surface area contributed by atoms with E-state index in [0.717, 1.165) is 23.5 Å². The summed E-state index contributed by atoms with van der Waals surface area (Å²) in [6.45, 7) is 7.06. The van der Waals surface area contributed by atoms with Crippen molar-refractivity contribution in [1.29, 1.82) is 0 Å². The molecule has 0 aliphatic heterocycles. The van der Waals surface area contributed by atoms with E-state index in [1.54, 1.807) is 13.2 Å². The Bertz CT molecular complexity index is 765. The van der Waals surface area contributed by atoms with Gasteiger partial charge in [-0.15, -0.1) is 24.0 Å². The zero-order chi connectivity index (χ0) is 20.1. The van der Waals surface area contributed by atoms with Crippen LogP contribution in [0.5, 0.6) is 0 Å². The first-order valence-electron chi connectivity index (χ1n) is 8.65. The van der Waals surface area contributed by atoms with Gasteiger partial charge in [0.15, 0.2) is 5.96 Å². The monoisotopic (exact) mass is 510 g/mol. The minimum atomic E-state index is -4.31. The number of hydrogen-bond donors (Lipinski definition) is 2. The van der Waals surface area contributed by atoms with Crippen molar-refractivity contribution in [2.45, 2.75) is 45.3 Å². The van der Waals surface area contributed by atoms with E-state index in [0.29, 0.717) is 31.4 Å². The van der Waals surface area contributed by atoms with E-state index < -0.39 is 11.7 Å². The summed E-state index contributed by atoms with van der Waals surface area (Å²) in [5.41, 5.74) is 0.0676. The molecule has 2 aromatic rings. The van der Waals surface area contributed by atoms with Crippen LogP contribution in [0.25, 0.3) is 0 Å². The Morgan fingerprint density at radius 2 is 1.75 bits per heavy atom. The Labute approximate surface area is 180 Å². The Balaban J connectivity index is 0.00000392. The highest BCUT2D eigenvalue weighted by Crippen LogP contribution is 2.29. The predicted molar refractivity (Wildman–Crippen MR) is 114 cm³/mol. The molecule has 1 heterocycles. The third-order valence-corrected chi connectivity index (χ3v) is 3.91. The van der Waals surface area contributed by atoms with Crippen molar-refractivity contribution in [2.24, 2.45) is 4.99 Å². The molecular weight excluding hydrogens is 484 g/mol. The number of aliphatic imine (C=N–C) groups is 1. The molecule has 156 valence electrons. The van der Waals surface area contributed by atoms with Gasteiger partial charge in [-0.1, -0.05) is 32.9 Å². The maximum atomic E-state index is 12.6. The van der Waals surface area contributed by atoms with Crippen molar-refractivity contribution in [3.8, 4) is 0 Å². The lowest BCUT2D eigenvalue weighted by Gasteiger charge is -2.13. The summed E-state index contributed by atoms with van der Waals surface area (Å²) in [4.78, 5) is 8.35.